The number of thiocarbonyl (C=S) groups is 1. The Morgan fingerprint density at radius 1 is 1.73 bits per heavy atom. The van der Waals surface area contributed by atoms with E-state index in [1.54, 1.807) is 18.5 Å². The van der Waals surface area contributed by atoms with Gasteiger partial charge in [0.25, 0.3) is 0 Å². The molecular formula is C9H13N3OS2. The molecule has 0 fully saturated rings. The monoisotopic (exact) mass is 243 g/mol. The highest BCUT2D eigenvalue weighted by atomic mass is 32.2. The lowest BCUT2D eigenvalue weighted by atomic mass is 10.3. The Morgan fingerprint density at radius 2 is 2.47 bits per heavy atom. The highest BCUT2D eigenvalue weighted by Gasteiger charge is 1.99. The molecule has 1 atom stereocenters. The van der Waals surface area contributed by atoms with E-state index in [9.17, 15) is 4.21 Å². The van der Waals surface area contributed by atoms with Gasteiger partial charge in [-0.3, -0.25) is 9.19 Å². The van der Waals surface area contributed by atoms with Crippen LogP contribution in [-0.4, -0.2) is 32.7 Å². The molecule has 3 N–H and O–H groups in total. The zero-order chi connectivity index (χ0) is 11.3. The maximum Gasteiger partial charge on any atom is 0.122 e. The molecule has 0 aliphatic heterocycles. The van der Waals surface area contributed by atoms with E-state index in [1.807, 2.05) is 6.07 Å². The summed E-state index contributed by atoms with van der Waals surface area (Å²) in [6.07, 6.45) is 3.31. The van der Waals surface area contributed by atoms with Gasteiger partial charge in [0.1, 0.15) is 4.99 Å². The predicted octanol–water partition coefficient (Wildman–Crippen LogP) is 0.506. The topological polar surface area (TPSA) is 68.0 Å². The van der Waals surface area contributed by atoms with Gasteiger partial charge in [0.15, 0.2) is 0 Å². The summed E-state index contributed by atoms with van der Waals surface area (Å²) in [7, 11) is -0.782. The van der Waals surface area contributed by atoms with E-state index in [1.165, 1.54) is 0 Å². The molecule has 1 heterocycles. The van der Waals surface area contributed by atoms with Crippen molar-refractivity contribution in [1.29, 1.82) is 0 Å². The van der Waals surface area contributed by atoms with Gasteiger partial charge in [0, 0.05) is 41.2 Å². The highest BCUT2D eigenvalue weighted by molar-refractivity contribution is 7.84. The molecule has 1 aromatic rings. The van der Waals surface area contributed by atoms with E-state index >= 15 is 0 Å². The van der Waals surface area contributed by atoms with E-state index in [2.05, 4.69) is 10.3 Å². The summed E-state index contributed by atoms with van der Waals surface area (Å²) in [5.74, 6) is 0.616. The van der Waals surface area contributed by atoms with E-state index < -0.39 is 10.8 Å². The van der Waals surface area contributed by atoms with Crippen molar-refractivity contribution < 1.29 is 4.21 Å². The Morgan fingerprint density at radius 3 is 3.07 bits per heavy atom. The fraction of sp³-hybridized carbons (Fsp3) is 0.333. The summed E-state index contributed by atoms with van der Waals surface area (Å²) in [4.78, 5) is 4.29. The number of rotatable bonds is 5. The molecule has 82 valence electrons. The minimum Gasteiger partial charge on any atom is -0.388 e. The van der Waals surface area contributed by atoms with Gasteiger partial charge in [-0.1, -0.05) is 12.2 Å². The van der Waals surface area contributed by atoms with Crippen LogP contribution in [-0.2, 0) is 10.8 Å². The van der Waals surface area contributed by atoms with Gasteiger partial charge in [0.05, 0.1) is 5.69 Å². The average Bonchev–Trinajstić information content (AvgIpc) is 2.17. The minimum atomic E-state index is -0.782. The highest BCUT2D eigenvalue weighted by Crippen LogP contribution is 2.07. The average molecular weight is 243 g/mol. The van der Waals surface area contributed by atoms with Crippen molar-refractivity contribution in [1.82, 2.24) is 4.98 Å². The van der Waals surface area contributed by atoms with Gasteiger partial charge in [-0.25, -0.2) is 0 Å². The van der Waals surface area contributed by atoms with Crippen molar-refractivity contribution in [2.75, 3.05) is 23.9 Å². The number of pyridine rings is 1. The molecule has 0 aromatic carbocycles. The summed E-state index contributed by atoms with van der Waals surface area (Å²) in [6, 6.07) is 3.60. The summed E-state index contributed by atoms with van der Waals surface area (Å²) >= 11 is 4.81. The van der Waals surface area contributed by atoms with Crippen LogP contribution in [0.3, 0.4) is 0 Å². The summed E-state index contributed by atoms with van der Waals surface area (Å²) in [6.45, 7) is 0.657. The summed E-state index contributed by atoms with van der Waals surface area (Å²) in [5, 5.41) is 3.12. The van der Waals surface area contributed by atoms with E-state index in [4.69, 9.17) is 18.0 Å². The van der Waals surface area contributed by atoms with Crippen LogP contribution in [0.2, 0.25) is 0 Å². The van der Waals surface area contributed by atoms with Gasteiger partial charge in [0.2, 0.25) is 0 Å². The van der Waals surface area contributed by atoms with Gasteiger partial charge < -0.3 is 11.1 Å². The lowest BCUT2D eigenvalue weighted by Crippen LogP contribution is -2.13. The normalized spacial score (nSPS) is 12.1. The van der Waals surface area contributed by atoms with Gasteiger partial charge in [-0.05, 0) is 12.1 Å². The van der Waals surface area contributed by atoms with Gasteiger partial charge >= 0.3 is 0 Å². The van der Waals surface area contributed by atoms with Crippen molar-refractivity contribution in [3.05, 3.63) is 24.0 Å². The molecule has 1 aromatic heterocycles. The zero-order valence-corrected chi connectivity index (χ0v) is 10.0. The first-order valence-corrected chi connectivity index (χ1v) is 6.53. The second-order valence-corrected chi connectivity index (χ2v) is 4.99. The Balaban J connectivity index is 2.58. The predicted molar refractivity (Wildman–Crippen MR) is 67.5 cm³/mol. The van der Waals surface area contributed by atoms with Gasteiger partial charge in [-0.15, -0.1) is 0 Å². The van der Waals surface area contributed by atoms with E-state index in [0.717, 1.165) is 5.69 Å². The van der Waals surface area contributed by atoms with E-state index in [-0.39, 0.29) is 4.99 Å². The van der Waals surface area contributed by atoms with Crippen molar-refractivity contribution in [2.45, 2.75) is 0 Å². The van der Waals surface area contributed by atoms with Crippen molar-refractivity contribution in [3.63, 3.8) is 0 Å². The van der Waals surface area contributed by atoms with Crippen LogP contribution in [0, 0.1) is 0 Å². The SMILES string of the molecule is CS(=O)CCNc1ccnc(C(N)=S)c1. The first kappa shape index (κ1) is 12.1. The minimum absolute atomic E-state index is 0.276. The molecule has 6 heteroatoms. The lowest BCUT2D eigenvalue weighted by Gasteiger charge is -2.06. The fourth-order valence-electron chi connectivity index (χ4n) is 1.01. The first-order valence-electron chi connectivity index (χ1n) is 4.39. The Kier molecular flexibility index (Phi) is 4.64. The largest absolute Gasteiger partial charge is 0.388 e. The van der Waals surface area contributed by atoms with Crippen LogP contribution in [0.5, 0.6) is 0 Å². The Hall–Kier alpha value is -1.01. The van der Waals surface area contributed by atoms with Crippen molar-refractivity contribution in [3.8, 4) is 0 Å². The third-order valence-corrected chi connectivity index (χ3v) is 2.72. The molecule has 1 rings (SSSR count). The smallest absolute Gasteiger partial charge is 0.122 e. The third kappa shape index (κ3) is 4.35. The molecule has 0 saturated heterocycles. The number of aromatic nitrogens is 1. The Labute approximate surface area is 96.7 Å². The summed E-state index contributed by atoms with van der Waals surface area (Å²) in [5.41, 5.74) is 6.93. The third-order valence-electron chi connectivity index (χ3n) is 1.73. The Bertz CT molecular complexity index is 381. The molecule has 15 heavy (non-hydrogen) atoms. The number of hydrogen-bond acceptors (Lipinski definition) is 4. The molecule has 0 amide bonds. The standard InChI is InChI=1S/C9H13N3OS2/c1-15(13)5-4-11-7-2-3-12-8(6-7)9(10)14/h2-3,6H,4-5H2,1H3,(H2,10,14)(H,11,12). The fourth-order valence-corrected chi connectivity index (χ4v) is 1.52. The molecule has 1 unspecified atom stereocenters. The lowest BCUT2D eigenvalue weighted by molar-refractivity contribution is 0.687. The van der Waals surface area contributed by atoms with Crippen molar-refractivity contribution in [2.24, 2.45) is 5.73 Å². The molecule has 0 spiro atoms. The zero-order valence-electron chi connectivity index (χ0n) is 8.40. The van der Waals surface area contributed by atoms with E-state index in [0.29, 0.717) is 18.0 Å². The molecule has 0 aliphatic rings. The van der Waals surface area contributed by atoms with Gasteiger partial charge in [-0.2, -0.15) is 0 Å². The molecular weight excluding hydrogens is 230 g/mol. The molecule has 0 radical (unpaired) electrons. The number of hydrogen-bond donors (Lipinski definition) is 2. The quantitative estimate of drug-likeness (QED) is 0.737. The van der Waals surface area contributed by atoms with Crippen LogP contribution in [0.4, 0.5) is 5.69 Å². The first-order chi connectivity index (χ1) is 7.09. The number of nitrogens with zero attached hydrogens (tertiary/aromatic N) is 1. The van der Waals surface area contributed by atoms with Crippen LogP contribution < -0.4 is 11.1 Å². The molecule has 0 bridgehead atoms. The number of anilines is 1. The number of nitrogens with two attached hydrogens (primary N) is 1. The van der Waals surface area contributed by atoms with Crippen molar-refractivity contribution >= 4 is 33.7 Å². The van der Waals surface area contributed by atoms with Crippen LogP contribution in [0.1, 0.15) is 5.69 Å². The maximum atomic E-state index is 10.8. The molecule has 0 saturated carbocycles. The maximum absolute atomic E-state index is 10.8. The number of nitrogens with one attached hydrogen (secondary N) is 1. The second-order valence-electron chi connectivity index (χ2n) is 3.00. The summed E-state index contributed by atoms with van der Waals surface area (Å²) < 4.78 is 10.8. The molecule has 0 aliphatic carbocycles. The van der Waals surface area contributed by atoms with Crippen LogP contribution in [0.25, 0.3) is 0 Å². The molecule has 4 nitrogen and oxygen atoms in total. The van der Waals surface area contributed by atoms with Crippen LogP contribution >= 0.6 is 12.2 Å². The van der Waals surface area contributed by atoms with Crippen LogP contribution in [0.15, 0.2) is 18.3 Å². The second kappa shape index (κ2) is 5.77.